The van der Waals surface area contributed by atoms with Gasteiger partial charge in [-0.25, -0.2) is 8.78 Å². The van der Waals surface area contributed by atoms with E-state index in [1.54, 1.807) is 0 Å². The lowest BCUT2D eigenvalue weighted by Crippen LogP contribution is -2.38. The van der Waals surface area contributed by atoms with Crippen LogP contribution in [0, 0.1) is 17.0 Å². The Hall–Kier alpha value is -0.960. The minimum Gasteiger partial charge on any atom is -0.310 e. The lowest BCUT2D eigenvalue weighted by atomic mass is 9.68. The quantitative estimate of drug-likeness (QED) is 0.841. The zero-order chi connectivity index (χ0) is 13.9. The van der Waals surface area contributed by atoms with Gasteiger partial charge in [0.1, 0.15) is 11.6 Å². The zero-order valence-electron chi connectivity index (χ0n) is 11.8. The first-order valence-corrected chi connectivity index (χ1v) is 7.25. The molecule has 0 saturated heterocycles. The minimum atomic E-state index is -0.362. The van der Waals surface area contributed by atoms with E-state index in [1.807, 2.05) is 6.92 Å². The largest absolute Gasteiger partial charge is 0.310 e. The van der Waals surface area contributed by atoms with Gasteiger partial charge in [0.2, 0.25) is 0 Å². The third-order valence-corrected chi connectivity index (χ3v) is 4.37. The first-order chi connectivity index (χ1) is 9.07. The molecule has 1 aliphatic carbocycles. The molecular formula is C16H23F2N. The van der Waals surface area contributed by atoms with Gasteiger partial charge in [-0.1, -0.05) is 33.1 Å². The Kier molecular flexibility index (Phi) is 4.56. The van der Waals surface area contributed by atoms with Gasteiger partial charge >= 0.3 is 0 Å². The number of hydrogen-bond donors (Lipinski definition) is 1. The van der Waals surface area contributed by atoms with Crippen molar-refractivity contribution in [3.63, 3.8) is 0 Å². The molecule has 106 valence electrons. The maximum atomic E-state index is 14.1. The van der Waals surface area contributed by atoms with Crippen molar-refractivity contribution in [2.24, 2.45) is 5.41 Å². The highest BCUT2D eigenvalue weighted by atomic mass is 19.1. The van der Waals surface area contributed by atoms with E-state index < -0.39 is 0 Å². The number of benzene rings is 1. The summed E-state index contributed by atoms with van der Waals surface area (Å²) in [6.45, 7) is 4.97. The van der Waals surface area contributed by atoms with Crippen LogP contribution in [0.25, 0.3) is 0 Å². The fourth-order valence-corrected chi connectivity index (χ4v) is 3.32. The van der Waals surface area contributed by atoms with Crippen molar-refractivity contribution in [1.29, 1.82) is 0 Å². The fourth-order valence-electron chi connectivity index (χ4n) is 3.32. The predicted octanol–water partition coefficient (Wildman–Crippen LogP) is 4.59. The van der Waals surface area contributed by atoms with Crippen molar-refractivity contribution in [3.8, 4) is 0 Å². The molecule has 1 aromatic rings. The number of rotatable bonds is 4. The Labute approximate surface area is 114 Å². The van der Waals surface area contributed by atoms with Gasteiger partial charge in [0, 0.05) is 11.6 Å². The molecule has 3 heteroatoms. The minimum absolute atomic E-state index is 0.0168. The molecule has 0 bridgehead atoms. The van der Waals surface area contributed by atoms with Gasteiger partial charge in [0.15, 0.2) is 0 Å². The molecule has 0 radical (unpaired) electrons. The third-order valence-electron chi connectivity index (χ3n) is 4.37. The predicted molar refractivity (Wildman–Crippen MR) is 74.0 cm³/mol. The number of nitrogens with one attached hydrogen (secondary N) is 1. The van der Waals surface area contributed by atoms with E-state index >= 15 is 0 Å². The van der Waals surface area contributed by atoms with Crippen LogP contribution < -0.4 is 5.32 Å². The highest BCUT2D eigenvalue weighted by Crippen LogP contribution is 2.46. The number of hydrogen-bond acceptors (Lipinski definition) is 1. The van der Waals surface area contributed by atoms with Crippen molar-refractivity contribution in [1.82, 2.24) is 5.32 Å². The second-order valence-corrected chi connectivity index (χ2v) is 5.87. The van der Waals surface area contributed by atoms with Gasteiger partial charge in [-0.2, -0.15) is 0 Å². The van der Waals surface area contributed by atoms with Crippen LogP contribution in [0.2, 0.25) is 0 Å². The zero-order valence-corrected chi connectivity index (χ0v) is 11.8. The van der Waals surface area contributed by atoms with Gasteiger partial charge in [0.05, 0.1) is 0 Å². The third kappa shape index (κ3) is 3.14. The van der Waals surface area contributed by atoms with E-state index in [4.69, 9.17) is 0 Å². The monoisotopic (exact) mass is 267 g/mol. The molecular weight excluding hydrogens is 244 g/mol. The molecule has 0 aromatic heterocycles. The molecule has 0 heterocycles. The summed E-state index contributed by atoms with van der Waals surface area (Å²) in [5, 5.41) is 3.37. The Balaban J connectivity index is 2.35. The summed E-state index contributed by atoms with van der Waals surface area (Å²) in [6, 6.07) is 3.67. The first-order valence-electron chi connectivity index (χ1n) is 7.25. The van der Waals surface area contributed by atoms with Gasteiger partial charge in [-0.15, -0.1) is 0 Å². The Morgan fingerprint density at radius 1 is 1.21 bits per heavy atom. The summed E-state index contributed by atoms with van der Waals surface area (Å²) >= 11 is 0. The molecule has 1 aliphatic rings. The molecule has 1 unspecified atom stereocenters. The SMILES string of the molecule is CCNC(c1cc(F)ccc1F)C1(C)CCCCC1. The molecule has 1 aromatic carbocycles. The summed E-state index contributed by atoms with van der Waals surface area (Å²) in [7, 11) is 0. The molecule has 0 aliphatic heterocycles. The average Bonchev–Trinajstić information content (AvgIpc) is 2.40. The lowest BCUT2D eigenvalue weighted by molar-refractivity contribution is 0.143. The molecule has 19 heavy (non-hydrogen) atoms. The van der Waals surface area contributed by atoms with Crippen LogP contribution in [0.1, 0.15) is 57.6 Å². The Morgan fingerprint density at radius 3 is 2.53 bits per heavy atom. The summed E-state index contributed by atoms with van der Waals surface area (Å²) in [5.41, 5.74) is 0.495. The molecule has 2 rings (SSSR count). The summed E-state index contributed by atoms with van der Waals surface area (Å²) in [6.07, 6.45) is 5.74. The standard InChI is InChI=1S/C16H23F2N/c1-3-19-15(16(2)9-5-4-6-10-16)13-11-12(17)7-8-14(13)18/h7-8,11,15,19H,3-6,9-10H2,1-2H3. The van der Waals surface area contributed by atoms with E-state index in [9.17, 15) is 8.78 Å². The van der Waals surface area contributed by atoms with Crippen LogP contribution in [0.5, 0.6) is 0 Å². The van der Waals surface area contributed by atoms with Crippen molar-refractivity contribution in [3.05, 3.63) is 35.4 Å². The molecule has 1 N–H and O–H groups in total. The fraction of sp³-hybridized carbons (Fsp3) is 0.625. The maximum absolute atomic E-state index is 14.1. The highest BCUT2D eigenvalue weighted by molar-refractivity contribution is 5.24. The Morgan fingerprint density at radius 2 is 1.89 bits per heavy atom. The van der Waals surface area contributed by atoms with Crippen molar-refractivity contribution < 1.29 is 8.78 Å². The second kappa shape index (κ2) is 6.00. The number of halogens is 2. The first kappa shape index (κ1) is 14.4. The van der Waals surface area contributed by atoms with E-state index in [0.29, 0.717) is 5.56 Å². The molecule has 0 spiro atoms. The smallest absolute Gasteiger partial charge is 0.128 e. The van der Waals surface area contributed by atoms with Crippen LogP contribution in [0.15, 0.2) is 18.2 Å². The van der Waals surface area contributed by atoms with Crippen molar-refractivity contribution in [2.45, 2.75) is 52.0 Å². The normalized spacial score (nSPS) is 20.2. The van der Waals surface area contributed by atoms with Crippen LogP contribution >= 0.6 is 0 Å². The highest BCUT2D eigenvalue weighted by Gasteiger charge is 2.37. The van der Waals surface area contributed by atoms with Crippen LogP contribution in [-0.2, 0) is 0 Å². The molecule has 1 saturated carbocycles. The van der Waals surface area contributed by atoms with Gasteiger partial charge in [-0.05, 0) is 43.0 Å². The van der Waals surface area contributed by atoms with Gasteiger partial charge in [-0.3, -0.25) is 0 Å². The van der Waals surface area contributed by atoms with E-state index in [0.717, 1.165) is 19.4 Å². The van der Waals surface area contributed by atoms with Crippen LogP contribution in [-0.4, -0.2) is 6.54 Å². The summed E-state index contributed by atoms with van der Waals surface area (Å²) < 4.78 is 27.5. The Bertz CT molecular complexity index is 425. The van der Waals surface area contributed by atoms with Gasteiger partial charge in [0.25, 0.3) is 0 Å². The molecule has 1 fully saturated rings. The molecule has 1 atom stereocenters. The van der Waals surface area contributed by atoms with E-state index in [1.165, 1.54) is 37.5 Å². The summed E-state index contributed by atoms with van der Waals surface area (Å²) in [5.74, 6) is -0.669. The maximum Gasteiger partial charge on any atom is 0.128 e. The van der Waals surface area contributed by atoms with Crippen LogP contribution in [0.4, 0.5) is 8.78 Å². The van der Waals surface area contributed by atoms with E-state index in [2.05, 4.69) is 12.2 Å². The second-order valence-electron chi connectivity index (χ2n) is 5.87. The average molecular weight is 267 g/mol. The van der Waals surface area contributed by atoms with Gasteiger partial charge < -0.3 is 5.32 Å². The lowest BCUT2D eigenvalue weighted by Gasteiger charge is -2.41. The molecule has 0 amide bonds. The van der Waals surface area contributed by atoms with Crippen molar-refractivity contribution in [2.75, 3.05) is 6.54 Å². The van der Waals surface area contributed by atoms with Crippen molar-refractivity contribution >= 4 is 0 Å². The van der Waals surface area contributed by atoms with Crippen LogP contribution in [0.3, 0.4) is 0 Å². The molecule has 1 nitrogen and oxygen atoms in total. The van der Waals surface area contributed by atoms with E-state index in [-0.39, 0.29) is 23.1 Å². The topological polar surface area (TPSA) is 12.0 Å². The summed E-state index contributed by atoms with van der Waals surface area (Å²) in [4.78, 5) is 0.